The zero-order valence-corrected chi connectivity index (χ0v) is 20.4. The maximum absolute atomic E-state index is 15.0. The average molecular weight is 505 g/mol. The van der Waals surface area contributed by atoms with Crippen molar-refractivity contribution in [2.75, 3.05) is 12.4 Å². The van der Waals surface area contributed by atoms with Crippen LogP contribution >= 0.6 is 11.3 Å². The predicted molar refractivity (Wildman–Crippen MR) is 134 cm³/mol. The van der Waals surface area contributed by atoms with Gasteiger partial charge in [-0.05, 0) is 31.5 Å². The summed E-state index contributed by atoms with van der Waals surface area (Å²) in [7, 11) is 1.16. The molecule has 4 rings (SSSR count). The lowest BCUT2D eigenvalue weighted by Crippen LogP contribution is -2.41. The molecule has 10 heteroatoms. The number of carbonyl (C=O) groups excluding carboxylic acids is 2. The summed E-state index contributed by atoms with van der Waals surface area (Å²) in [4.78, 5) is 38.8. The summed E-state index contributed by atoms with van der Waals surface area (Å²) in [5.41, 5.74) is 7.69. The first-order valence-electron chi connectivity index (χ1n) is 10.8. The number of rotatable bonds is 4. The fourth-order valence-electron chi connectivity index (χ4n) is 4.10. The first-order chi connectivity index (χ1) is 17.2. The SMILES string of the molecule is COC(=O)/C=c1\sc2n(c1=O)C(N)=C(C#N)C(c1ccccc1F)C=2C(=O)Nc1ccc(C)cc1C. The van der Waals surface area contributed by atoms with Gasteiger partial charge in [-0.3, -0.25) is 14.2 Å². The zero-order chi connectivity index (χ0) is 26.1. The van der Waals surface area contributed by atoms with Crippen LogP contribution in [0.1, 0.15) is 22.6 Å². The Bertz CT molecular complexity index is 1680. The van der Waals surface area contributed by atoms with Crippen LogP contribution in [0.3, 0.4) is 0 Å². The highest BCUT2D eigenvalue weighted by Crippen LogP contribution is 2.37. The van der Waals surface area contributed by atoms with E-state index in [1.54, 1.807) is 12.1 Å². The van der Waals surface area contributed by atoms with Gasteiger partial charge < -0.3 is 15.8 Å². The van der Waals surface area contributed by atoms with E-state index in [1.165, 1.54) is 18.2 Å². The topological polar surface area (TPSA) is 127 Å². The Hall–Kier alpha value is -4.49. The van der Waals surface area contributed by atoms with Crippen LogP contribution < -0.4 is 25.8 Å². The third kappa shape index (κ3) is 4.21. The van der Waals surface area contributed by atoms with E-state index in [-0.39, 0.29) is 31.7 Å². The van der Waals surface area contributed by atoms with Gasteiger partial charge in [-0.2, -0.15) is 5.26 Å². The van der Waals surface area contributed by atoms with Gasteiger partial charge in [-0.15, -0.1) is 11.3 Å². The molecule has 2 heterocycles. The van der Waals surface area contributed by atoms with Crippen molar-refractivity contribution in [3.05, 3.63) is 90.1 Å². The van der Waals surface area contributed by atoms with Gasteiger partial charge in [0.05, 0.1) is 30.2 Å². The summed E-state index contributed by atoms with van der Waals surface area (Å²) < 4.78 is 20.7. The number of methoxy groups -OCH3 is 1. The van der Waals surface area contributed by atoms with E-state index >= 15 is 4.39 Å². The van der Waals surface area contributed by atoms with E-state index in [2.05, 4.69) is 10.1 Å². The van der Waals surface area contributed by atoms with E-state index in [0.29, 0.717) is 5.69 Å². The first kappa shape index (κ1) is 24.6. The number of nitrogens with one attached hydrogen (secondary N) is 1. The molecule has 0 saturated carbocycles. The molecule has 2 aromatic carbocycles. The first-order valence-corrected chi connectivity index (χ1v) is 11.6. The molecular weight excluding hydrogens is 483 g/mol. The number of fused-ring (bicyclic) bond motifs is 1. The number of benzene rings is 2. The molecule has 0 fully saturated rings. The number of nitriles is 1. The Balaban J connectivity index is 2.07. The lowest BCUT2D eigenvalue weighted by Gasteiger charge is -2.25. The maximum Gasteiger partial charge on any atom is 0.332 e. The number of aromatic nitrogens is 1. The second-order valence-corrected chi connectivity index (χ2v) is 9.16. The Morgan fingerprint density at radius 2 is 1.97 bits per heavy atom. The monoisotopic (exact) mass is 504 g/mol. The van der Waals surface area contributed by atoms with Crippen molar-refractivity contribution >= 4 is 46.4 Å². The third-order valence-corrected chi connectivity index (χ3v) is 6.92. The van der Waals surface area contributed by atoms with Crippen molar-refractivity contribution in [1.29, 1.82) is 5.26 Å². The molecule has 8 nitrogen and oxygen atoms in total. The fraction of sp³-hybridized carbons (Fsp3) is 0.154. The van der Waals surface area contributed by atoms with E-state index in [0.717, 1.165) is 40.2 Å². The van der Waals surface area contributed by atoms with E-state index in [9.17, 15) is 19.6 Å². The van der Waals surface area contributed by atoms with Crippen molar-refractivity contribution < 1.29 is 18.7 Å². The van der Waals surface area contributed by atoms with Gasteiger partial charge in [0, 0.05) is 17.3 Å². The summed E-state index contributed by atoms with van der Waals surface area (Å²) >= 11 is 0.830. The van der Waals surface area contributed by atoms with Crippen LogP contribution in [0.15, 0.2) is 52.8 Å². The number of ether oxygens (including phenoxy) is 1. The fourth-order valence-corrected chi connectivity index (χ4v) is 5.23. The molecule has 3 aromatic rings. The molecule has 0 bridgehead atoms. The minimum absolute atomic E-state index is 0.0440. The highest BCUT2D eigenvalue weighted by molar-refractivity contribution is 7.07. The van der Waals surface area contributed by atoms with Gasteiger partial charge in [0.25, 0.3) is 11.5 Å². The molecule has 1 aliphatic heterocycles. The van der Waals surface area contributed by atoms with Gasteiger partial charge in [0.1, 0.15) is 20.8 Å². The summed E-state index contributed by atoms with van der Waals surface area (Å²) in [6.07, 6.45) is 0.982. The van der Waals surface area contributed by atoms with Crippen molar-refractivity contribution in [2.45, 2.75) is 19.8 Å². The highest BCUT2D eigenvalue weighted by Gasteiger charge is 2.37. The second-order valence-electron chi connectivity index (χ2n) is 8.13. The summed E-state index contributed by atoms with van der Waals surface area (Å²) in [6, 6.07) is 13.1. The van der Waals surface area contributed by atoms with Crippen LogP contribution in [0.4, 0.5) is 10.1 Å². The van der Waals surface area contributed by atoms with Crippen molar-refractivity contribution in [2.24, 2.45) is 5.73 Å². The second kappa shape index (κ2) is 9.64. The van der Waals surface area contributed by atoms with E-state index in [1.807, 2.05) is 32.0 Å². The minimum atomic E-state index is -1.19. The van der Waals surface area contributed by atoms with Gasteiger partial charge >= 0.3 is 5.97 Å². The molecule has 1 aromatic heterocycles. The lowest BCUT2D eigenvalue weighted by atomic mass is 9.83. The molecule has 0 radical (unpaired) electrons. The largest absolute Gasteiger partial charge is 0.466 e. The zero-order valence-electron chi connectivity index (χ0n) is 19.6. The lowest BCUT2D eigenvalue weighted by molar-refractivity contribution is -0.133. The molecule has 36 heavy (non-hydrogen) atoms. The minimum Gasteiger partial charge on any atom is -0.466 e. The predicted octanol–water partition coefficient (Wildman–Crippen LogP) is 1.86. The smallest absolute Gasteiger partial charge is 0.332 e. The molecule has 3 N–H and O–H groups in total. The van der Waals surface area contributed by atoms with E-state index < -0.39 is 29.2 Å². The average Bonchev–Trinajstić information content (AvgIpc) is 3.16. The number of halogens is 1. The maximum atomic E-state index is 15.0. The Morgan fingerprint density at radius 1 is 1.25 bits per heavy atom. The molecule has 1 unspecified atom stereocenters. The molecule has 0 aliphatic carbocycles. The van der Waals surface area contributed by atoms with Crippen molar-refractivity contribution in [3.8, 4) is 6.07 Å². The summed E-state index contributed by atoms with van der Waals surface area (Å²) in [6.45, 7) is 3.74. The number of nitrogens with two attached hydrogens (primary N) is 1. The van der Waals surface area contributed by atoms with Crippen LogP contribution in [0.25, 0.3) is 17.5 Å². The third-order valence-electron chi connectivity index (χ3n) is 5.81. The van der Waals surface area contributed by atoms with Gasteiger partial charge in [0.2, 0.25) is 0 Å². The van der Waals surface area contributed by atoms with E-state index in [4.69, 9.17) is 5.73 Å². The number of hydrogen-bond donors (Lipinski definition) is 2. The number of nitrogens with zero attached hydrogens (tertiary/aromatic N) is 2. The van der Waals surface area contributed by atoms with Crippen LogP contribution in [0, 0.1) is 31.0 Å². The van der Waals surface area contributed by atoms with Crippen LogP contribution in [-0.4, -0.2) is 23.6 Å². The molecule has 0 spiro atoms. The van der Waals surface area contributed by atoms with Crippen molar-refractivity contribution in [1.82, 2.24) is 4.57 Å². The number of aryl methyl sites for hydroxylation is 2. The molecule has 1 aliphatic rings. The Kier molecular flexibility index (Phi) is 6.59. The molecule has 182 valence electrons. The van der Waals surface area contributed by atoms with Gasteiger partial charge in [0.15, 0.2) is 0 Å². The standard InChI is InChI=1S/C26H21FN4O4S/c1-13-8-9-18(14(2)10-13)30-24(33)22-21(15-6-4-5-7-17(15)27)16(12-28)23(29)31-25(34)19(36-26(22)31)11-20(32)35-3/h4-11,21H,29H2,1-3H3,(H,30,33)/b19-11-. The Labute approximate surface area is 209 Å². The molecule has 0 saturated heterocycles. The van der Waals surface area contributed by atoms with Gasteiger partial charge in [-0.1, -0.05) is 35.9 Å². The number of esters is 1. The number of hydrogen-bond acceptors (Lipinski definition) is 7. The quantitative estimate of drug-likeness (QED) is 0.522. The summed E-state index contributed by atoms with van der Waals surface area (Å²) in [5, 5.41) is 12.8. The molecule has 1 amide bonds. The van der Waals surface area contributed by atoms with Crippen LogP contribution in [0.2, 0.25) is 0 Å². The highest BCUT2D eigenvalue weighted by atomic mass is 32.1. The van der Waals surface area contributed by atoms with Gasteiger partial charge in [-0.25, -0.2) is 9.18 Å². The molecule has 1 atom stereocenters. The van der Waals surface area contributed by atoms with Crippen LogP contribution in [0.5, 0.6) is 0 Å². The Morgan fingerprint density at radius 3 is 2.61 bits per heavy atom. The summed E-state index contributed by atoms with van der Waals surface area (Å²) in [5.74, 6) is -3.49. The van der Waals surface area contributed by atoms with Crippen molar-refractivity contribution in [3.63, 3.8) is 0 Å². The number of carbonyl (C=O) groups is 2. The van der Waals surface area contributed by atoms with Crippen LogP contribution in [-0.2, 0) is 14.3 Å². The number of thiazole rings is 1. The number of amides is 1. The molecular formula is C26H21FN4O4S. The number of allylic oxidation sites excluding steroid dienone is 1. The normalized spacial score (nSPS) is 15.4. The number of anilines is 1.